The van der Waals surface area contributed by atoms with Crippen LogP contribution in [0.3, 0.4) is 0 Å². The lowest BCUT2D eigenvalue weighted by Gasteiger charge is -2.10. The van der Waals surface area contributed by atoms with Crippen LogP contribution in [0.15, 0.2) is 128 Å². The maximum Gasteiger partial charge on any atom is 0.343 e. The van der Waals surface area contributed by atoms with Crippen molar-refractivity contribution in [1.29, 1.82) is 0 Å². The van der Waals surface area contributed by atoms with Crippen LogP contribution in [0.5, 0.6) is 34.8 Å². The van der Waals surface area contributed by atoms with Gasteiger partial charge in [-0.2, -0.15) is 0 Å². The van der Waals surface area contributed by atoms with E-state index in [2.05, 4.69) is 13.2 Å². The molecule has 0 amide bonds. The normalized spacial score (nSPS) is 10.9. The molecule has 0 unspecified atom stereocenters. The molecule has 0 aliphatic rings. The Morgan fingerprint density at radius 1 is 0.492 bits per heavy atom. The number of hydrogen-bond acceptors (Lipinski definition) is 12. The fraction of sp³-hybridized carbons (Fsp3) is 0.240. The van der Waals surface area contributed by atoms with Gasteiger partial charge < -0.3 is 38.6 Å². The first-order chi connectivity index (χ1) is 30.6. The first-order valence-corrected chi connectivity index (χ1v) is 20.7. The molecular weight excluding hydrogens is 807 g/mol. The number of ether oxygens (including phenoxy) is 6. The molecule has 0 atom stereocenters. The minimum Gasteiger partial charge on any atom is -0.494 e. The largest absolute Gasteiger partial charge is 0.494 e. The molecule has 0 aliphatic carbocycles. The van der Waals surface area contributed by atoms with E-state index in [1.807, 2.05) is 24.3 Å². The van der Waals surface area contributed by atoms with Crippen molar-refractivity contribution in [1.82, 2.24) is 4.57 Å². The van der Waals surface area contributed by atoms with E-state index in [4.69, 9.17) is 28.4 Å². The number of aromatic nitrogens is 1. The predicted octanol–water partition coefficient (Wildman–Crippen LogP) is 9.97. The van der Waals surface area contributed by atoms with Gasteiger partial charge in [0.1, 0.15) is 11.5 Å². The molecule has 6 rings (SSSR count). The van der Waals surface area contributed by atoms with Crippen LogP contribution in [-0.2, 0) is 19.1 Å². The molecule has 63 heavy (non-hydrogen) atoms. The van der Waals surface area contributed by atoms with Crippen LogP contribution in [0.2, 0.25) is 0 Å². The van der Waals surface area contributed by atoms with Gasteiger partial charge in [0.15, 0.2) is 0 Å². The second-order valence-electron chi connectivity index (χ2n) is 14.5. The van der Waals surface area contributed by atoms with E-state index in [0.29, 0.717) is 43.6 Å². The van der Waals surface area contributed by atoms with Crippen molar-refractivity contribution in [3.63, 3.8) is 0 Å². The number of benzene rings is 5. The lowest BCUT2D eigenvalue weighted by Crippen LogP contribution is -2.12. The van der Waals surface area contributed by atoms with Crippen molar-refractivity contribution in [2.24, 2.45) is 0 Å². The average molecular weight is 856 g/mol. The molecule has 0 saturated heterocycles. The predicted molar refractivity (Wildman–Crippen MR) is 237 cm³/mol. The van der Waals surface area contributed by atoms with E-state index in [0.717, 1.165) is 89.6 Å². The third-order valence-electron chi connectivity index (χ3n) is 9.97. The number of nitrogens with zero attached hydrogens (tertiary/aromatic N) is 1. The van der Waals surface area contributed by atoms with Crippen molar-refractivity contribution in [3.05, 3.63) is 140 Å². The van der Waals surface area contributed by atoms with Crippen molar-refractivity contribution in [3.8, 4) is 40.4 Å². The highest BCUT2D eigenvalue weighted by Crippen LogP contribution is 2.49. The topological polar surface area (TPSA) is 169 Å². The first kappa shape index (κ1) is 45.0. The van der Waals surface area contributed by atoms with E-state index in [1.54, 1.807) is 78.9 Å². The highest BCUT2D eigenvalue weighted by Gasteiger charge is 2.31. The Balaban J connectivity index is 1.10. The van der Waals surface area contributed by atoms with Crippen LogP contribution >= 0.6 is 0 Å². The third-order valence-corrected chi connectivity index (χ3v) is 9.97. The maximum atomic E-state index is 13.7. The summed E-state index contributed by atoms with van der Waals surface area (Å²) in [6, 6.07) is 29.1. The van der Waals surface area contributed by atoms with Gasteiger partial charge in [-0.05, 0) is 134 Å². The van der Waals surface area contributed by atoms with Crippen LogP contribution in [0.25, 0.3) is 27.2 Å². The highest BCUT2D eigenvalue weighted by atomic mass is 16.6. The van der Waals surface area contributed by atoms with Crippen molar-refractivity contribution in [2.45, 2.75) is 51.4 Å². The Bertz CT molecular complexity index is 2420. The Kier molecular flexibility index (Phi) is 16.0. The van der Waals surface area contributed by atoms with Crippen LogP contribution in [0.4, 0.5) is 0 Å². The minimum atomic E-state index is -0.871. The second-order valence-corrected chi connectivity index (χ2v) is 14.5. The molecular formula is C50H49NO12. The summed E-state index contributed by atoms with van der Waals surface area (Å²) >= 11 is 0. The molecule has 0 spiro atoms. The first-order valence-electron chi connectivity index (χ1n) is 20.7. The van der Waals surface area contributed by atoms with Gasteiger partial charge in [-0.15, -0.1) is 0 Å². The molecule has 1 heterocycles. The third kappa shape index (κ3) is 12.3. The zero-order valence-electron chi connectivity index (χ0n) is 34.8. The molecule has 2 N–H and O–H groups in total. The molecule has 0 radical (unpaired) electrons. The van der Waals surface area contributed by atoms with Gasteiger partial charge in [-0.25, -0.2) is 23.7 Å². The average Bonchev–Trinajstić information content (AvgIpc) is 3.53. The summed E-state index contributed by atoms with van der Waals surface area (Å²) in [5.41, 5.74) is 0.595. The van der Waals surface area contributed by atoms with E-state index in [-0.39, 0.29) is 11.1 Å². The molecule has 326 valence electrons. The Morgan fingerprint density at radius 3 is 1.32 bits per heavy atom. The number of unbranched alkanes of at least 4 members (excludes halogenated alkanes) is 6. The molecule has 6 aromatic rings. The molecule has 0 bridgehead atoms. The summed E-state index contributed by atoms with van der Waals surface area (Å²) in [6.07, 6.45) is 9.10. The Hall–Kier alpha value is -7.54. The van der Waals surface area contributed by atoms with Gasteiger partial charge in [0.25, 0.3) is 0 Å². The molecule has 1 aromatic heterocycles. The summed E-state index contributed by atoms with van der Waals surface area (Å²) in [5, 5.41) is 25.8. The van der Waals surface area contributed by atoms with Gasteiger partial charge in [-0.1, -0.05) is 55.6 Å². The van der Waals surface area contributed by atoms with E-state index < -0.39 is 47.1 Å². The number of carbonyl (C=O) groups excluding carboxylic acids is 4. The molecule has 5 aromatic carbocycles. The van der Waals surface area contributed by atoms with Crippen LogP contribution in [0, 0.1) is 0 Å². The Morgan fingerprint density at radius 2 is 0.889 bits per heavy atom. The lowest BCUT2D eigenvalue weighted by atomic mass is 10.1. The quantitative estimate of drug-likeness (QED) is 0.0356. The summed E-state index contributed by atoms with van der Waals surface area (Å²) in [4.78, 5) is 49.6. The number of fused-ring (bicyclic) bond motifs is 2. The molecule has 0 saturated carbocycles. The fourth-order valence-corrected chi connectivity index (χ4v) is 6.66. The van der Waals surface area contributed by atoms with E-state index in [1.165, 1.54) is 0 Å². The zero-order chi connectivity index (χ0) is 44.6. The second kappa shape index (κ2) is 22.3. The molecule has 0 aliphatic heterocycles. The van der Waals surface area contributed by atoms with E-state index >= 15 is 0 Å². The monoisotopic (exact) mass is 855 g/mol. The SMILES string of the molecule is C=CC(=O)OCCCCCCOc1ccc2cc(C(=O)Oc3c(OC(=O)c4ccc5cc(OCCCCCCOC(=O)C=C)ccc5c4)c(O)n(-c4ccccc4)c3O)ccc2c1. The van der Waals surface area contributed by atoms with Gasteiger partial charge in [0.05, 0.1) is 43.2 Å². The summed E-state index contributed by atoms with van der Waals surface area (Å²) in [5.74, 6) is -3.67. The Labute approximate surface area is 364 Å². The number of hydrogen-bond donors (Lipinski definition) is 2. The smallest absolute Gasteiger partial charge is 0.343 e. The minimum absolute atomic E-state index is 0.139. The molecule has 13 heteroatoms. The van der Waals surface area contributed by atoms with Crippen molar-refractivity contribution < 1.29 is 57.8 Å². The summed E-state index contributed by atoms with van der Waals surface area (Å²) < 4.78 is 34.3. The van der Waals surface area contributed by atoms with Crippen molar-refractivity contribution in [2.75, 3.05) is 26.4 Å². The van der Waals surface area contributed by atoms with Crippen LogP contribution in [0.1, 0.15) is 72.1 Å². The lowest BCUT2D eigenvalue weighted by molar-refractivity contribution is -0.138. The summed E-state index contributed by atoms with van der Waals surface area (Å²) in [6.45, 7) is 8.50. The zero-order valence-corrected chi connectivity index (χ0v) is 34.8. The van der Waals surface area contributed by atoms with Gasteiger partial charge >= 0.3 is 23.9 Å². The van der Waals surface area contributed by atoms with E-state index in [9.17, 15) is 29.4 Å². The fourth-order valence-electron chi connectivity index (χ4n) is 6.66. The number of para-hydroxylation sites is 1. The number of rotatable bonds is 23. The number of esters is 4. The standard InChI is InChI=1S/C50H49NO12/c1-3-43(52)60-28-14-7-5-12-26-58-41-24-22-34-30-38(20-18-36(34)32-41)49(56)62-45-46(48(55)51(47(45)54)40-16-10-9-11-17-40)63-50(57)39-21-19-37-33-42(25-23-35(37)31-39)59-27-13-6-8-15-29-61-44(53)4-2/h3-4,9-11,16-25,30-33,54-55H,1-2,5-8,12-15,26-29H2. The van der Waals surface area contributed by atoms with Crippen molar-refractivity contribution >= 4 is 45.4 Å². The van der Waals surface area contributed by atoms with Crippen LogP contribution in [-0.4, -0.2) is 65.1 Å². The van der Waals surface area contributed by atoms with Gasteiger partial charge in [0.2, 0.25) is 23.3 Å². The van der Waals surface area contributed by atoms with Crippen LogP contribution < -0.4 is 18.9 Å². The van der Waals surface area contributed by atoms with Gasteiger partial charge in [-0.3, -0.25) is 0 Å². The number of carbonyl (C=O) groups is 4. The number of aromatic hydroxyl groups is 2. The molecule has 0 fully saturated rings. The maximum absolute atomic E-state index is 13.7. The summed E-state index contributed by atoms with van der Waals surface area (Å²) in [7, 11) is 0. The van der Waals surface area contributed by atoms with Gasteiger partial charge in [0, 0.05) is 12.2 Å². The molecule has 13 nitrogen and oxygen atoms in total. The highest BCUT2D eigenvalue weighted by molar-refractivity contribution is 5.99.